The topological polar surface area (TPSA) is 74.3 Å². The molecule has 0 spiro atoms. The zero-order valence-corrected chi connectivity index (χ0v) is 17.0. The molecule has 6 nitrogen and oxygen atoms in total. The Morgan fingerprint density at radius 2 is 2.04 bits per heavy atom. The Balaban J connectivity index is 1.39. The van der Waals surface area contributed by atoms with Crippen LogP contribution in [0.1, 0.15) is 32.6 Å². The molecule has 2 saturated carbocycles. The zero-order valence-electron chi connectivity index (χ0n) is 15.4. The van der Waals surface area contributed by atoms with Gasteiger partial charge in [-0.25, -0.2) is 4.98 Å². The van der Waals surface area contributed by atoms with Gasteiger partial charge in [-0.2, -0.15) is 0 Å². The quantitative estimate of drug-likeness (QED) is 0.707. The molecule has 4 atom stereocenters. The molecule has 2 N–H and O–H groups in total. The van der Waals surface area contributed by atoms with Crippen molar-refractivity contribution < 1.29 is 9.59 Å². The zero-order chi connectivity index (χ0) is 18.7. The molecule has 0 radical (unpaired) electrons. The molecule has 2 aliphatic carbocycles. The van der Waals surface area contributed by atoms with Crippen LogP contribution in [0.15, 0.2) is 22.8 Å². The summed E-state index contributed by atoms with van der Waals surface area (Å²) in [6.45, 7) is 2.48. The van der Waals surface area contributed by atoms with Crippen LogP contribution in [0.3, 0.4) is 0 Å². The molecule has 142 valence electrons. The molecule has 0 aliphatic heterocycles. The summed E-state index contributed by atoms with van der Waals surface area (Å²) in [5.41, 5.74) is 0. The number of nitrogens with zero attached hydrogens (tertiary/aromatic N) is 2. The number of aromatic nitrogens is 1. The van der Waals surface area contributed by atoms with Crippen LogP contribution in [-0.2, 0) is 9.59 Å². The maximum Gasteiger partial charge on any atom is 0.239 e. The summed E-state index contributed by atoms with van der Waals surface area (Å²) >= 11 is 3.31. The standard InChI is InChI=1S/C19H27BrN4O2/c1-12(16-8-13-3-4-14(16)7-13)22-18(25)10-24(2)11-19(26)23-17-6-5-15(20)9-21-17/h5-6,9,12-14,16H,3-4,7-8,10-11H2,1-2H3,(H,22,25)(H,21,23,26). The number of likely N-dealkylation sites (N-methyl/N-ethyl adjacent to an activating group) is 1. The summed E-state index contributed by atoms with van der Waals surface area (Å²) < 4.78 is 0.855. The van der Waals surface area contributed by atoms with Gasteiger partial charge in [-0.05, 0) is 79.1 Å². The molecule has 2 fully saturated rings. The summed E-state index contributed by atoms with van der Waals surface area (Å²) in [5, 5.41) is 5.87. The first-order valence-electron chi connectivity index (χ1n) is 9.30. The van der Waals surface area contributed by atoms with Crippen LogP contribution in [0.2, 0.25) is 0 Å². The Kier molecular flexibility index (Phi) is 6.29. The van der Waals surface area contributed by atoms with Gasteiger partial charge in [0.25, 0.3) is 0 Å². The van der Waals surface area contributed by atoms with Crippen LogP contribution in [0.4, 0.5) is 5.82 Å². The van der Waals surface area contributed by atoms with Gasteiger partial charge in [-0.15, -0.1) is 0 Å². The normalized spacial score (nSPS) is 25.3. The minimum Gasteiger partial charge on any atom is -0.352 e. The molecular weight excluding hydrogens is 396 g/mol. The number of nitrogens with one attached hydrogen (secondary N) is 2. The molecule has 0 saturated heterocycles. The summed E-state index contributed by atoms with van der Waals surface area (Å²) in [4.78, 5) is 30.2. The third kappa shape index (κ3) is 5.04. The number of hydrogen-bond acceptors (Lipinski definition) is 4. The van der Waals surface area contributed by atoms with E-state index in [0.29, 0.717) is 11.7 Å². The van der Waals surface area contributed by atoms with Gasteiger partial charge in [0.2, 0.25) is 11.8 Å². The summed E-state index contributed by atoms with van der Waals surface area (Å²) in [6, 6.07) is 3.76. The Morgan fingerprint density at radius 1 is 1.27 bits per heavy atom. The van der Waals surface area contributed by atoms with Crippen molar-refractivity contribution in [2.45, 2.75) is 38.6 Å². The number of halogens is 1. The van der Waals surface area contributed by atoms with Gasteiger partial charge in [0.1, 0.15) is 5.82 Å². The van der Waals surface area contributed by atoms with E-state index in [9.17, 15) is 9.59 Å². The Bertz CT molecular complexity index is 651. The number of carbonyl (C=O) groups excluding carboxylic acids is 2. The lowest BCUT2D eigenvalue weighted by atomic mass is 9.84. The molecule has 7 heteroatoms. The molecular formula is C19H27BrN4O2. The predicted octanol–water partition coefficient (Wildman–Crippen LogP) is 2.66. The predicted molar refractivity (Wildman–Crippen MR) is 105 cm³/mol. The van der Waals surface area contributed by atoms with E-state index in [2.05, 4.69) is 38.5 Å². The highest BCUT2D eigenvalue weighted by atomic mass is 79.9. The highest BCUT2D eigenvalue weighted by Gasteiger charge is 2.42. The molecule has 2 aliphatic rings. The van der Waals surface area contributed by atoms with E-state index < -0.39 is 0 Å². The number of carbonyl (C=O) groups is 2. The average molecular weight is 423 g/mol. The van der Waals surface area contributed by atoms with Gasteiger partial charge < -0.3 is 10.6 Å². The fourth-order valence-electron chi connectivity index (χ4n) is 4.49. The minimum atomic E-state index is -0.184. The van der Waals surface area contributed by atoms with Crippen LogP contribution in [0.25, 0.3) is 0 Å². The molecule has 2 amide bonds. The van der Waals surface area contributed by atoms with Crippen molar-refractivity contribution in [3.63, 3.8) is 0 Å². The Hall–Kier alpha value is -1.47. The first-order valence-corrected chi connectivity index (χ1v) is 10.1. The average Bonchev–Trinajstić information content (AvgIpc) is 3.19. The highest BCUT2D eigenvalue weighted by Crippen LogP contribution is 2.49. The van der Waals surface area contributed by atoms with Gasteiger partial charge in [-0.3, -0.25) is 14.5 Å². The third-order valence-electron chi connectivity index (χ3n) is 5.65. The maximum atomic E-state index is 12.3. The molecule has 1 aromatic rings. The van der Waals surface area contributed by atoms with Crippen molar-refractivity contribution >= 4 is 33.6 Å². The third-order valence-corrected chi connectivity index (χ3v) is 6.11. The lowest BCUT2D eigenvalue weighted by molar-refractivity contribution is -0.123. The number of amides is 2. The minimum absolute atomic E-state index is 0.0164. The maximum absolute atomic E-state index is 12.3. The smallest absolute Gasteiger partial charge is 0.239 e. The second kappa shape index (κ2) is 8.48. The number of pyridine rings is 1. The van der Waals surface area contributed by atoms with E-state index in [1.807, 2.05) is 6.07 Å². The van der Waals surface area contributed by atoms with Crippen LogP contribution >= 0.6 is 15.9 Å². The van der Waals surface area contributed by atoms with Crippen molar-refractivity contribution in [2.75, 3.05) is 25.5 Å². The second-order valence-electron chi connectivity index (χ2n) is 7.78. The SMILES string of the molecule is CC(NC(=O)CN(C)CC(=O)Nc1ccc(Br)cn1)C1CC2CCC1C2. The van der Waals surface area contributed by atoms with Crippen LogP contribution in [0, 0.1) is 17.8 Å². The first-order chi connectivity index (χ1) is 12.4. The lowest BCUT2D eigenvalue weighted by Gasteiger charge is -2.29. The van der Waals surface area contributed by atoms with Gasteiger partial charge >= 0.3 is 0 Å². The first kappa shape index (κ1) is 19.3. The van der Waals surface area contributed by atoms with E-state index in [-0.39, 0.29) is 30.9 Å². The van der Waals surface area contributed by atoms with E-state index in [0.717, 1.165) is 16.3 Å². The fraction of sp³-hybridized carbons (Fsp3) is 0.632. The molecule has 4 unspecified atom stereocenters. The van der Waals surface area contributed by atoms with Gasteiger partial charge in [-0.1, -0.05) is 6.42 Å². The van der Waals surface area contributed by atoms with Gasteiger partial charge in [0.15, 0.2) is 0 Å². The van der Waals surface area contributed by atoms with E-state index in [1.165, 1.54) is 25.7 Å². The summed E-state index contributed by atoms with van der Waals surface area (Å²) in [7, 11) is 1.77. The lowest BCUT2D eigenvalue weighted by Crippen LogP contribution is -2.45. The molecule has 26 heavy (non-hydrogen) atoms. The monoisotopic (exact) mass is 422 g/mol. The molecule has 2 bridgehead atoms. The van der Waals surface area contributed by atoms with Crippen molar-refractivity contribution in [1.82, 2.24) is 15.2 Å². The Morgan fingerprint density at radius 3 is 2.65 bits per heavy atom. The van der Waals surface area contributed by atoms with Crippen molar-refractivity contribution in [3.8, 4) is 0 Å². The summed E-state index contributed by atoms with van der Waals surface area (Å²) in [5.74, 6) is 2.59. The van der Waals surface area contributed by atoms with Gasteiger partial charge in [0.05, 0.1) is 13.1 Å². The molecule has 0 aromatic carbocycles. The Labute approximate surface area is 163 Å². The number of anilines is 1. The molecule has 1 heterocycles. The number of rotatable bonds is 7. The molecule has 3 rings (SSSR count). The van der Waals surface area contributed by atoms with Crippen molar-refractivity contribution in [3.05, 3.63) is 22.8 Å². The highest BCUT2D eigenvalue weighted by molar-refractivity contribution is 9.10. The second-order valence-corrected chi connectivity index (χ2v) is 8.69. The molecule has 1 aromatic heterocycles. The van der Waals surface area contributed by atoms with Crippen LogP contribution < -0.4 is 10.6 Å². The van der Waals surface area contributed by atoms with E-state index in [1.54, 1.807) is 24.2 Å². The number of fused-ring (bicyclic) bond motifs is 2. The van der Waals surface area contributed by atoms with E-state index in [4.69, 9.17) is 0 Å². The number of hydrogen-bond donors (Lipinski definition) is 2. The van der Waals surface area contributed by atoms with Crippen molar-refractivity contribution in [2.24, 2.45) is 17.8 Å². The van der Waals surface area contributed by atoms with Gasteiger partial charge in [0, 0.05) is 16.7 Å². The fourth-order valence-corrected chi connectivity index (χ4v) is 4.73. The largest absolute Gasteiger partial charge is 0.352 e. The van der Waals surface area contributed by atoms with Crippen molar-refractivity contribution in [1.29, 1.82) is 0 Å². The van der Waals surface area contributed by atoms with Crippen LogP contribution in [-0.4, -0.2) is 47.9 Å². The summed E-state index contributed by atoms with van der Waals surface area (Å²) in [6.07, 6.45) is 6.91. The van der Waals surface area contributed by atoms with E-state index >= 15 is 0 Å². The van der Waals surface area contributed by atoms with Crippen LogP contribution in [0.5, 0.6) is 0 Å².